The van der Waals surface area contributed by atoms with Crippen LogP contribution in [-0.4, -0.2) is 56.9 Å². The van der Waals surface area contributed by atoms with Crippen molar-refractivity contribution >= 4 is 16.1 Å². The van der Waals surface area contributed by atoms with Crippen molar-refractivity contribution in [2.75, 3.05) is 27.2 Å². The summed E-state index contributed by atoms with van der Waals surface area (Å²) in [5, 5.41) is 3.13. The molecule has 0 atom stereocenters. The van der Waals surface area contributed by atoms with Crippen molar-refractivity contribution in [3.8, 4) is 5.75 Å². The number of para-hydroxylation sites is 1. The highest BCUT2D eigenvalue weighted by Crippen LogP contribution is 2.39. The number of benzene rings is 2. The number of amides is 1. The van der Waals surface area contributed by atoms with E-state index in [2.05, 4.69) is 27.2 Å². The average molecular weight is 537 g/mol. The van der Waals surface area contributed by atoms with Gasteiger partial charge in [-0.3, -0.25) is 9.78 Å². The minimum Gasteiger partial charge on any atom is -0.496 e. The van der Waals surface area contributed by atoms with Gasteiger partial charge in [-0.25, -0.2) is 0 Å². The Hall–Kier alpha value is -3.27. The largest absolute Gasteiger partial charge is 0.496 e. The van der Waals surface area contributed by atoms with Crippen LogP contribution in [0.25, 0.3) is 0 Å². The first-order chi connectivity index (χ1) is 18.3. The lowest BCUT2D eigenvalue weighted by molar-refractivity contribution is 0.0932. The quantitative estimate of drug-likeness (QED) is 0.389. The van der Waals surface area contributed by atoms with Gasteiger partial charge in [0.25, 0.3) is 16.1 Å². The third-order valence-corrected chi connectivity index (χ3v) is 9.09. The number of hydrogen-bond donors (Lipinski definition) is 2. The van der Waals surface area contributed by atoms with Gasteiger partial charge in [-0.15, -0.1) is 0 Å². The van der Waals surface area contributed by atoms with Crippen LogP contribution in [0.5, 0.6) is 5.75 Å². The summed E-state index contributed by atoms with van der Waals surface area (Å²) in [7, 11) is -0.460. The van der Waals surface area contributed by atoms with Crippen molar-refractivity contribution in [3.05, 3.63) is 95.8 Å². The van der Waals surface area contributed by atoms with Crippen LogP contribution in [0, 0.1) is 0 Å². The zero-order valence-electron chi connectivity index (χ0n) is 22.0. The molecule has 0 radical (unpaired) electrons. The summed E-state index contributed by atoms with van der Waals surface area (Å²) in [5.41, 5.74) is 2.40. The van der Waals surface area contributed by atoms with E-state index in [1.54, 1.807) is 38.7 Å². The van der Waals surface area contributed by atoms with Gasteiger partial charge in [-0.05, 0) is 67.5 Å². The maximum atomic E-state index is 13.0. The number of pyridine rings is 1. The van der Waals surface area contributed by atoms with Gasteiger partial charge < -0.3 is 10.1 Å². The van der Waals surface area contributed by atoms with Crippen LogP contribution in [0.3, 0.4) is 0 Å². The molecule has 0 saturated heterocycles. The maximum Gasteiger partial charge on any atom is 0.279 e. The lowest BCUT2D eigenvalue weighted by atomic mass is 9.68. The second-order valence-electron chi connectivity index (χ2n) is 9.85. The number of hydrogen-bond acceptors (Lipinski definition) is 5. The smallest absolute Gasteiger partial charge is 0.279 e. The summed E-state index contributed by atoms with van der Waals surface area (Å²) in [6.07, 6.45) is 6.89. The fourth-order valence-corrected chi connectivity index (χ4v) is 6.25. The van der Waals surface area contributed by atoms with Crippen LogP contribution in [0.2, 0.25) is 0 Å². The van der Waals surface area contributed by atoms with Crippen LogP contribution in [0.1, 0.15) is 47.2 Å². The highest BCUT2D eigenvalue weighted by Gasteiger charge is 2.38. The predicted molar refractivity (Wildman–Crippen MR) is 148 cm³/mol. The van der Waals surface area contributed by atoms with Crippen molar-refractivity contribution in [2.45, 2.75) is 43.6 Å². The molecule has 0 spiro atoms. The molecule has 202 valence electrons. The molecule has 0 unspecified atom stereocenters. The van der Waals surface area contributed by atoms with E-state index < -0.39 is 10.2 Å². The number of likely N-dealkylation sites (N-methyl/N-ethyl adjacent to an activating group) is 1. The topological polar surface area (TPSA) is 101 Å². The third-order valence-electron chi connectivity index (χ3n) is 7.46. The van der Waals surface area contributed by atoms with Gasteiger partial charge in [0, 0.05) is 44.0 Å². The second-order valence-corrected chi connectivity index (χ2v) is 11.7. The van der Waals surface area contributed by atoms with E-state index in [4.69, 9.17) is 4.74 Å². The number of nitrogens with zero attached hydrogens (tertiary/aromatic N) is 2. The van der Waals surface area contributed by atoms with E-state index in [1.807, 2.05) is 42.5 Å². The monoisotopic (exact) mass is 536 g/mol. The predicted octanol–water partition coefficient (Wildman–Crippen LogP) is 3.71. The lowest BCUT2D eigenvalue weighted by Crippen LogP contribution is -2.50. The fraction of sp³-hybridized carbons (Fsp3) is 0.379. The molecule has 1 heterocycles. The Bertz CT molecular complexity index is 1290. The summed E-state index contributed by atoms with van der Waals surface area (Å²) < 4.78 is 35.7. The summed E-state index contributed by atoms with van der Waals surface area (Å²) in [6.45, 7) is 0.841. The van der Waals surface area contributed by atoms with E-state index in [-0.39, 0.29) is 17.4 Å². The highest BCUT2D eigenvalue weighted by molar-refractivity contribution is 7.87. The van der Waals surface area contributed by atoms with Gasteiger partial charge in [0.15, 0.2) is 0 Å². The summed E-state index contributed by atoms with van der Waals surface area (Å²) in [6, 6.07) is 21.0. The van der Waals surface area contributed by atoms with Crippen molar-refractivity contribution in [3.63, 3.8) is 0 Å². The molecular weight excluding hydrogens is 500 g/mol. The van der Waals surface area contributed by atoms with Gasteiger partial charge in [0.1, 0.15) is 5.75 Å². The SMILES string of the molecule is COc1ccccc1C(=O)NC[C@]1(c2ccccc2)CC[C@H](NS(=O)(=O)N(C)CCc2ccncc2)CC1. The standard InChI is InChI=1S/C29H36N4O4S/c1-33(21-16-23-14-19-30-20-15-23)38(35,36)32-25-12-17-29(18-13-25,24-8-4-3-5-9-24)22-31-28(34)26-10-6-7-11-27(26)37-2/h3-11,14-15,19-20,25,32H,12-13,16-18,21-22H2,1-2H3,(H,31,34)/t25-,29-. The molecule has 3 aromatic rings. The molecule has 9 heteroatoms. The number of carbonyl (C=O) groups is 1. The molecule has 4 rings (SSSR count). The third kappa shape index (κ3) is 6.78. The molecule has 1 amide bonds. The normalized spacial score (nSPS) is 19.7. The number of nitrogens with one attached hydrogen (secondary N) is 2. The molecule has 2 N–H and O–H groups in total. The Morgan fingerprint density at radius 1 is 1.03 bits per heavy atom. The van der Waals surface area contributed by atoms with Gasteiger partial charge in [0.05, 0.1) is 12.7 Å². The highest BCUT2D eigenvalue weighted by atomic mass is 32.2. The second kappa shape index (κ2) is 12.5. The fourth-order valence-electron chi connectivity index (χ4n) is 5.08. The Morgan fingerprint density at radius 3 is 2.37 bits per heavy atom. The average Bonchev–Trinajstić information content (AvgIpc) is 2.96. The first-order valence-corrected chi connectivity index (χ1v) is 14.4. The Balaban J connectivity index is 1.40. The zero-order valence-corrected chi connectivity index (χ0v) is 22.8. The minimum absolute atomic E-state index is 0.162. The molecule has 1 saturated carbocycles. The first-order valence-electron chi connectivity index (χ1n) is 12.9. The minimum atomic E-state index is -3.62. The van der Waals surface area contributed by atoms with Crippen LogP contribution >= 0.6 is 0 Å². The van der Waals surface area contributed by atoms with Crippen LogP contribution in [0.4, 0.5) is 0 Å². The molecular formula is C29H36N4O4S. The lowest BCUT2D eigenvalue weighted by Gasteiger charge is -2.41. The molecule has 8 nitrogen and oxygen atoms in total. The van der Waals surface area contributed by atoms with Crippen molar-refractivity contribution in [1.82, 2.24) is 19.3 Å². The van der Waals surface area contributed by atoms with Gasteiger partial charge in [0.2, 0.25) is 0 Å². The van der Waals surface area contributed by atoms with E-state index in [0.29, 0.717) is 43.7 Å². The van der Waals surface area contributed by atoms with E-state index in [9.17, 15) is 13.2 Å². The van der Waals surface area contributed by atoms with Crippen LogP contribution in [-0.2, 0) is 22.0 Å². The Morgan fingerprint density at radius 2 is 1.68 bits per heavy atom. The number of ether oxygens (including phenoxy) is 1. The van der Waals surface area contributed by atoms with Crippen LogP contribution < -0.4 is 14.8 Å². The van der Waals surface area contributed by atoms with Crippen molar-refractivity contribution in [1.29, 1.82) is 0 Å². The number of aromatic nitrogens is 1. The molecule has 1 fully saturated rings. The van der Waals surface area contributed by atoms with Crippen molar-refractivity contribution < 1.29 is 17.9 Å². The number of rotatable bonds is 11. The molecule has 2 aromatic carbocycles. The molecule has 38 heavy (non-hydrogen) atoms. The molecule has 1 aliphatic carbocycles. The van der Waals surface area contributed by atoms with Gasteiger partial charge >= 0.3 is 0 Å². The Labute approximate surface area is 225 Å². The number of methoxy groups -OCH3 is 1. The van der Waals surface area contributed by atoms with E-state index in [1.165, 1.54) is 4.31 Å². The van der Waals surface area contributed by atoms with Gasteiger partial charge in [-0.1, -0.05) is 42.5 Å². The van der Waals surface area contributed by atoms with Crippen LogP contribution in [0.15, 0.2) is 79.1 Å². The molecule has 1 aliphatic rings. The summed E-state index contributed by atoms with van der Waals surface area (Å²) >= 11 is 0. The maximum absolute atomic E-state index is 13.0. The van der Waals surface area contributed by atoms with E-state index >= 15 is 0 Å². The summed E-state index contributed by atoms with van der Waals surface area (Å²) in [4.78, 5) is 17.0. The summed E-state index contributed by atoms with van der Waals surface area (Å²) in [5.74, 6) is 0.348. The van der Waals surface area contributed by atoms with E-state index in [0.717, 1.165) is 24.0 Å². The Kier molecular flexibility index (Phi) is 9.14. The molecule has 1 aromatic heterocycles. The first kappa shape index (κ1) is 27.8. The molecule has 0 aliphatic heterocycles. The molecule has 0 bridgehead atoms. The zero-order chi connectivity index (χ0) is 27.0. The van der Waals surface area contributed by atoms with Crippen molar-refractivity contribution in [2.24, 2.45) is 0 Å². The van der Waals surface area contributed by atoms with Gasteiger partial charge in [-0.2, -0.15) is 17.4 Å². The number of carbonyl (C=O) groups excluding carboxylic acids is 1.